The van der Waals surface area contributed by atoms with E-state index in [9.17, 15) is 0 Å². The molecule has 4 nitrogen and oxygen atoms in total. The summed E-state index contributed by atoms with van der Waals surface area (Å²) in [7, 11) is -0.446. The lowest BCUT2D eigenvalue weighted by molar-refractivity contribution is 0.402. The first-order chi connectivity index (χ1) is 31.3. The summed E-state index contributed by atoms with van der Waals surface area (Å²) in [6.07, 6.45) is 13.2. The number of hydrogen-bond acceptors (Lipinski definition) is 8. The van der Waals surface area contributed by atoms with Gasteiger partial charge in [0.15, 0.2) is 0 Å². The van der Waals surface area contributed by atoms with E-state index in [-0.39, 0.29) is 5.41 Å². The second kappa shape index (κ2) is 22.3. The van der Waals surface area contributed by atoms with Gasteiger partial charge in [-0.25, -0.2) is 0 Å². The van der Waals surface area contributed by atoms with Crippen molar-refractivity contribution in [1.29, 1.82) is 0 Å². The second-order valence-electron chi connectivity index (χ2n) is 16.4. The van der Waals surface area contributed by atoms with Crippen molar-refractivity contribution in [3.05, 3.63) is 158 Å². The van der Waals surface area contributed by atoms with E-state index in [4.69, 9.17) is 4.37 Å². The predicted octanol–water partition coefficient (Wildman–Crippen LogP) is 17.0. The van der Waals surface area contributed by atoms with E-state index >= 15 is 0 Å². The van der Waals surface area contributed by atoms with Crippen LogP contribution in [0.3, 0.4) is 0 Å². The molecule has 1 aliphatic carbocycles. The molecule has 64 heavy (non-hydrogen) atoms. The zero-order chi connectivity index (χ0) is 44.5. The molecule has 0 saturated heterocycles. The third kappa shape index (κ3) is 10.4. The average Bonchev–Trinajstić information content (AvgIpc) is 4.18. The van der Waals surface area contributed by atoms with E-state index in [1.54, 1.807) is 16.0 Å². The maximum Gasteiger partial charge on any atom is 0.120 e. The van der Waals surface area contributed by atoms with Crippen LogP contribution >= 0.6 is 85.9 Å². The van der Waals surface area contributed by atoms with Crippen molar-refractivity contribution in [2.24, 2.45) is 0 Å². The van der Waals surface area contributed by atoms with E-state index < -0.39 is 7.92 Å². The molecule has 0 saturated carbocycles. The summed E-state index contributed by atoms with van der Waals surface area (Å²) >= 11 is 13.3. The van der Waals surface area contributed by atoms with E-state index in [2.05, 4.69) is 188 Å². The molecule has 0 unspecified atom stereocenters. The number of aryl methyl sites for hydroxylation is 2. The molecule has 0 atom stereocenters. The van der Waals surface area contributed by atoms with Crippen molar-refractivity contribution in [3.63, 3.8) is 0 Å². The monoisotopic (exact) mass is 1060 g/mol. The lowest BCUT2D eigenvalue weighted by Gasteiger charge is -2.31. The molecule has 4 aromatic heterocycles. The van der Waals surface area contributed by atoms with E-state index in [1.165, 1.54) is 129 Å². The van der Waals surface area contributed by atoms with Crippen molar-refractivity contribution < 1.29 is 0 Å². The van der Waals surface area contributed by atoms with Crippen molar-refractivity contribution in [2.45, 2.75) is 97.3 Å². The number of benzene rings is 5. The molecule has 0 spiro atoms. The zero-order valence-corrected chi connectivity index (χ0v) is 44.2. The number of aromatic nitrogens is 4. The minimum atomic E-state index is -0.446. The molecule has 9 aromatic rings. The van der Waals surface area contributed by atoms with Gasteiger partial charge in [-0.2, -0.15) is 17.5 Å². The first kappa shape index (κ1) is 47.0. The van der Waals surface area contributed by atoms with Crippen LogP contribution in [0.1, 0.15) is 99.6 Å². The average molecular weight is 1070 g/mol. The number of thiophene rings is 2. The number of halogens is 2. The summed E-state index contributed by atoms with van der Waals surface area (Å²) in [5, 5.41) is 4.19. The molecule has 4 heterocycles. The van der Waals surface area contributed by atoms with Crippen LogP contribution in [0.15, 0.2) is 136 Å². The standard InChI is InChI=1S/C29H36N2S3.C18H15P.C6H2Br2N2S/c1-5-7-9-11-15-29(16-12-10-8-6-2)22-17-20(4)32-27(22)28-23(29)18-24(33-28)21-14-13-19(3)25-26(21)31-34-30-25;1-4-10-16(11-5-1)19(17-12-6-2-7-13-17)18-14-8-3-9-15-18;7-3-1-2-4(8)6-5(3)9-11-10-6/h13-14,17-18H,5-12,15-16H2,1-4H3;1-15H;1-2H. The SMILES string of the molecule is Brc1ccc(Br)c2nsnc12.CCCCCCC1(CCCCCC)c2cc(C)sc2-c2sc(-c3ccc(C)c4nsnc34)cc21.c1ccc(P(c2ccccc2)c2ccccc2)cc1. The van der Waals surface area contributed by atoms with Gasteiger partial charge < -0.3 is 0 Å². The predicted molar refractivity (Wildman–Crippen MR) is 290 cm³/mol. The van der Waals surface area contributed by atoms with Crippen LogP contribution in [-0.4, -0.2) is 17.5 Å². The molecule has 0 radical (unpaired) electrons. The summed E-state index contributed by atoms with van der Waals surface area (Å²) in [5.74, 6) is 0. The Morgan fingerprint density at radius 2 is 0.969 bits per heavy atom. The molecule has 11 heteroatoms. The Morgan fingerprint density at radius 1 is 0.500 bits per heavy atom. The van der Waals surface area contributed by atoms with Gasteiger partial charge in [0, 0.05) is 39.4 Å². The van der Waals surface area contributed by atoms with Gasteiger partial charge in [-0.15, -0.1) is 22.7 Å². The first-order valence-corrected chi connectivity index (χ1v) is 28.3. The Morgan fingerprint density at radius 3 is 1.48 bits per heavy atom. The molecule has 0 N–H and O–H groups in total. The van der Waals surface area contributed by atoms with Crippen molar-refractivity contribution in [3.8, 4) is 20.2 Å². The van der Waals surface area contributed by atoms with Gasteiger partial charge in [0.1, 0.15) is 22.1 Å². The van der Waals surface area contributed by atoms with E-state index in [0.717, 1.165) is 31.0 Å². The third-order valence-electron chi connectivity index (χ3n) is 12.0. The lowest BCUT2D eigenvalue weighted by atomic mass is 9.71. The highest BCUT2D eigenvalue weighted by molar-refractivity contribution is 9.11. The van der Waals surface area contributed by atoms with Gasteiger partial charge in [0.25, 0.3) is 0 Å². The Labute approximate surface area is 413 Å². The van der Waals surface area contributed by atoms with Crippen LogP contribution in [0.5, 0.6) is 0 Å². The van der Waals surface area contributed by atoms with Gasteiger partial charge in [-0.1, -0.05) is 168 Å². The minimum Gasteiger partial charge on any atom is -0.173 e. The van der Waals surface area contributed by atoms with Gasteiger partial charge in [-0.05, 0) is 123 Å². The number of hydrogen-bond donors (Lipinski definition) is 0. The molecule has 0 amide bonds. The molecule has 0 aliphatic heterocycles. The normalized spacial score (nSPS) is 12.5. The quantitative estimate of drug-likeness (QED) is 0.0804. The van der Waals surface area contributed by atoms with Crippen molar-refractivity contribution in [1.82, 2.24) is 17.5 Å². The summed E-state index contributed by atoms with van der Waals surface area (Å²) in [5.41, 5.74) is 9.89. The van der Waals surface area contributed by atoms with Crippen LogP contribution in [0, 0.1) is 13.8 Å². The van der Waals surface area contributed by atoms with Crippen LogP contribution in [0.2, 0.25) is 0 Å². The van der Waals surface area contributed by atoms with Crippen LogP contribution in [0.25, 0.3) is 42.3 Å². The maximum atomic E-state index is 4.70. The molecule has 5 aromatic carbocycles. The molecule has 1 aliphatic rings. The summed E-state index contributed by atoms with van der Waals surface area (Å²) < 4.78 is 19.5. The summed E-state index contributed by atoms with van der Waals surface area (Å²) in [6.45, 7) is 9.06. The molecule has 0 bridgehead atoms. The summed E-state index contributed by atoms with van der Waals surface area (Å²) in [6, 6.07) is 45.8. The van der Waals surface area contributed by atoms with E-state index in [0.29, 0.717) is 0 Å². The Hall–Kier alpha value is -3.47. The van der Waals surface area contributed by atoms with Crippen LogP contribution in [0.4, 0.5) is 0 Å². The highest BCUT2D eigenvalue weighted by Gasteiger charge is 2.45. The highest BCUT2D eigenvalue weighted by atomic mass is 79.9. The Bertz CT molecular complexity index is 2750. The van der Waals surface area contributed by atoms with Crippen molar-refractivity contribution in [2.75, 3.05) is 0 Å². The molecule has 0 fully saturated rings. The second-order valence-corrected chi connectivity index (χ2v) is 23.7. The topological polar surface area (TPSA) is 51.6 Å². The van der Waals surface area contributed by atoms with Gasteiger partial charge >= 0.3 is 0 Å². The van der Waals surface area contributed by atoms with Crippen LogP contribution in [-0.2, 0) is 5.41 Å². The Kier molecular flexibility index (Phi) is 16.4. The molecule has 328 valence electrons. The van der Waals surface area contributed by atoms with Gasteiger partial charge in [-0.3, -0.25) is 0 Å². The molecular weight excluding hydrogens is 1010 g/mol. The van der Waals surface area contributed by atoms with E-state index in [1.807, 2.05) is 34.8 Å². The number of nitrogens with zero attached hydrogens (tertiary/aromatic N) is 4. The summed E-state index contributed by atoms with van der Waals surface area (Å²) in [4.78, 5) is 5.91. The Balaban J connectivity index is 0.000000155. The maximum absolute atomic E-state index is 4.70. The smallest absolute Gasteiger partial charge is 0.120 e. The molecular formula is C53H53Br2N4PS4. The largest absolute Gasteiger partial charge is 0.173 e. The number of rotatable bonds is 14. The van der Waals surface area contributed by atoms with Gasteiger partial charge in [0.2, 0.25) is 0 Å². The lowest BCUT2D eigenvalue weighted by Crippen LogP contribution is -2.25. The number of fused-ring (bicyclic) bond motifs is 5. The first-order valence-electron chi connectivity index (χ1n) is 22.3. The fraction of sp³-hybridized carbons (Fsp3) is 0.283. The molecule has 10 rings (SSSR count). The highest BCUT2D eigenvalue weighted by Crippen LogP contribution is 2.60. The van der Waals surface area contributed by atoms with Gasteiger partial charge in [0.05, 0.1) is 23.5 Å². The fourth-order valence-corrected chi connectivity index (χ4v) is 15.9. The van der Waals surface area contributed by atoms with Crippen LogP contribution < -0.4 is 15.9 Å². The minimum absolute atomic E-state index is 0.190. The zero-order valence-electron chi connectivity index (χ0n) is 36.8. The number of unbranched alkanes of at least 4 members (excludes halogenated alkanes) is 6. The third-order valence-corrected chi connectivity index (χ3v) is 19.1. The van der Waals surface area contributed by atoms with Crippen molar-refractivity contribution >= 4 is 124 Å². The fourth-order valence-electron chi connectivity index (χ4n) is 8.78.